The molecule has 270 valence electrons. The fraction of sp³-hybridized carbons (Fsp3) is 0.0714. The molecule has 0 aliphatic heterocycles. The third kappa shape index (κ3) is 4.95. The molecule has 0 saturated carbocycles. The first-order valence-electron chi connectivity index (χ1n) is 20.0. The maximum absolute atomic E-state index is 2.49. The van der Waals surface area contributed by atoms with Crippen molar-refractivity contribution < 1.29 is 0 Å². The van der Waals surface area contributed by atoms with Crippen molar-refractivity contribution in [3.8, 4) is 33.4 Å². The Kier molecular flexibility index (Phi) is 7.50. The summed E-state index contributed by atoms with van der Waals surface area (Å²) in [6.07, 6.45) is 0. The van der Waals surface area contributed by atoms with E-state index in [9.17, 15) is 0 Å². The molecule has 0 aromatic heterocycles. The van der Waals surface area contributed by atoms with Gasteiger partial charge in [-0.15, -0.1) is 0 Å². The third-order valence-electron chi connectivity index (χ3n) is 12.7. The zero-order chi connectivity index (χ0) is 38.1. The second-order valence-corrected chi connectivity index (χ2v) is 16.1. The van der Waals surface area contributed by atoms with Crippen molar-refractivity contribution in [1.82, 2.24) is 0 Å². The summed E-state index contributed by atoms with van der Waals surface area (Å²) in [5, 5.41) is 2.44. The van der Waals surface area contributed by atoms with Crippen LogP contribution < -0.4 is 4.90 Å². The monoisotopic (exact) mass is 727 g/mol. The Morgan fingerprint density at radius 3 is 1.56 bits per heavy atom. The van der Waals surface area contributed by atoms with Crippen LogP contribution in [0.4, 0.5) is 17.1 Å². The highest BCUT2D eigenvalue weighted by Gasteiger charge is 2.46. The van der Waals surface area contributed by atoms with E-state index in [1.165, 1.54) is 77.5 Å². The molecule has 9 aromatic carbocycles. The third-order valence-corrected chi connectivity index (χ3v) is 12.7. The Labute approximate surface area is 335 Å². The molecule has 0 unspecified atom stereocenters. The molecule has 0 atom stereocenters. The molecule has 11 rings (SSSR count). The standard InChI is InChI=1S/C56H41N/c1-55(2)51-29-14-11-28-48(51)50-37-45(36-49(54(50)55)39-19-5-3-6-20-39)57(44-33-32-38-18-9-10-21-40(38)34-44)43-25-17-24-42(35-43)56(41-22-7-4-8-23-41)52-30-15-12-26-46(52)47-27-13-16-31-53(47)56/h3-37H,1-2H3. The van der Waals surface area contributed by atoms with Crippen LogP contribution in [0.15, 0.2) is 212 Å². The van der Waals surface area contributed by atoms with Crippen molar-refractivity contribution in [2.75, 3.05) is 4.90 Å². The van der Waals surface area contributed by atoms with Crippen molar-refractivity contribution >= 4 is 27.8 Å². The van der Waals surface area contributed by atoms with Crippen LogP contribution >= 0.6 is 0 Å². The largest absolute Gasteiger partial charge is 0.310 e. The number of rotatable bonds is 6. The number of hydrogen-bond acceptors (Lipinski definition) is 1. The predicted molar refractivity (Wildman–Crippen MR) is 239 cm³/mol. The highest BCUT2D eigenvalue weighted by atomic mass is 15.1. The molecule has 57 heavy (non-hydrogen) atoms. The molecule has 0 amide bonds. The van der Waals surface area contributed by atoms with Crippen LogP contribution in [0.3, 0.4) is 0 Å². The highest BCUT2D eigenvalue weighted by Crippen LogP contribution is 2.58. The second-order valence-electron chi connectivity index (χ2n) is 16.1. The average Bonchev–Trinajstić information content (AvgIpc) is 3.70. The second kappa shape index (κ2) is 12.8. The molecule has 1 heteroatoms. The van der Waals surface area contributed by atoms with Gasteiger partial charge < -0.3 is 4.90 Å². The van der Waals surface area contributed by atoms with Gasteiger partial charge in [-0.25, -0.2) is 0 Å². The lowest BCUT2D eigenvalue weighted by Gasteiger charge is -2.35. The average molecular weight is 728 g/mol. The van der Waals surface area contributed by atoms with E-state index in [2.05, 4.69) is 231 Å². The molecule has 0 bridgehead atoms. The van der Waals surface area contributed by atoms with Gasteiger partial charge in [0.15, 0.2) is 0 Å². The molecule has 0 N–H and O–H groups in total. The first-order chi connectivity index (χ1) is 28.0. The lowest BCUT2D eigenvalue weighted by molar-refractivity contribution is 0.662. The maximum Gasteiger partial charge on any atom is 0.0714 e. The zero-order valence-electron chi connectivity index (χ0n) is 32.2. The van der Waals surface area contributed by atoms with Gasteiger partial charge >= 0.3 is 0 Å². The Morgan fingerprint density at radius 2 is 0.860 bits per heavy atom. The summed E-state index contributed by atoms with van der Waals surface area (Å²) in [5.74, 6) is 0. The first-order valence-corrected chi connectivity index (χ1v) is 20.0. The number of nitrogens with zero attached hydrogens (tertiary/aromatic N) is 1. The molecule has 2 aliphatic carbocycles. The molecular weight excluding hydrogens is 687 g/mol. The Hall–Kier alpha value is -6.96. The van der Waals surface area contributed by atoms with Crippen molar-refractivity contribution in [2.24, 2.45) is 0 Å². The van der Waals surface area contributed by atoms with Gasteiger partial charge in [-0.3, -0.25) is 0 Å². The number of hydrogen-bond donors (Lipinski definition) is 0. The lowest BCUT2D eigenvalue weighted by atomic mass is 9.67. The molecular formula is C56H41N. The fourth-order valence-corrected chi connectivity index (χ4v) is 10.2. The van der Waals surface area contributed by atoms with Crippen molar-refractivity contribution in [3.63, 3.8) is 0 Å². The quantitative estimate of drug-likeness (QED) is 0.165. The molecule has 0 radical (unpaired) electrons. The summed E-state index contributed by atoms with van der Waals surface area (Å²) in [4.78, 5) is 2.49. The van der Waals surface area contributed by atoms with E-state index < -0.39 is 5.41 Å². The highest BCUT2D eigenvalue weighted by molar-refractivity contribution is 5.95. The van der Waals surface area contributed by atoms with Gasteiger partial charge in [0.25, 0.3) is 0 Å². The van der Waals surface area contributed by atoms with Crippen LogP contribution in [0.25, 0.3) is 44.2 Å². The number of anilines is 3. The number of fused-ring (bicyclic) bond motifs is 7. The van der Waals surface area contributed by atoms with Crippen molar-refractivity contribution in [1.29, 1.82) is 0 Å². The fourth-order valence-electron chi connectivity index (χ4n) is 10.2. The van der Waals surface area contributed by atoms with E-state index in [4.69, 9.17) is 0 Å². The smallest absolute Gasteiger partial charge is 0.0714 e. The Bertz CT molecular complexity index is 2950. The zero-order valence-corrected chi connectivity index (χ0v) is 32.2. The van der Waals surface area contributed by atoms with Gasteiger partial charge in [0.05, 0.1) is 5.41 Å². The molecule has 1 nitrogen and oxygen atoms in total. The predicted octanol–water partition coefficient (Wildman–Crippen LogP) is 14.6. The van der Waals surface area contributed by atoms with Crippen molar-refractivity contribution in [2.45, 2.75) is 24.7 Å². The molecule has 2 aliphatic rings. The van der Waals surface area contributed by atoms with E-state index >= 15 is 0 Å². The summed E-state index contributed by atoms with van der Waals surface area (Å²) in [5.41, 5.74) is 18.3. The minimum absolute atomic E-state index is 0.158. The normalized spacial score (nSPS) is 14.1. The van der Waals surface area contributed by atoms with E-state index in [-0.39, 0.29) is 5.41 Å². The van der Waals surface area contributed by atoms with Gasteiger partial charge in [0.2, 0.25) is 0 Å². The van der Waals surface area contributed by atoms with E-state index in [0.717, 1.165) is 17.1 Å². The van der Waals surface area contributed by atoms with E-state index in [0.29, 0.717) is 0 Å². The minimum atomic E-state index is -0.504. The topological polar surface area (TPSA) is 3.24 Å². The molecule has 9 aromatic rings. The Balaban J connectivity index is 1.21. The van der Waals surface area contributed by atoms with Gasteiger partial charge in [0.1, 0.15) is 0 Å². The van der Waals surface area contributed by atoms with Crippen LogP contribution in [-0.2, 0) is 10.8 Å². The summed E-state index contributed by atoms with van der Waals surface area (Å²) >= 11 is 0. The van der Waals surface area contributed by atoms with Crippen LogP contribution in [0, 0.1) is 0 Å². The lowest BCUT2D eigenvalue weighted by Crippen LogP contribution is -2.28. The Morgan fingerprint density at radius 1 is 0.333 bits per heavy atom. The summed E-state index contributed by atoms with van der Waals surface area (Å²) in [6, 6.07) is 78.8. The maximum atomic E-state index is 2.49. The van der Waals surface area contributed by atoms with Gasteiger partial charge in [-0.2, -0.15) is 0 Å². The van der Waals surface area contributed by atoms with E-state index in [1.807, 2.05) is 0 Å². The van der Waals surface area contributed by atoms with Crippen LogP contribution in [0.5, 0.6) is 0 Å². The van der Waals surface area contributed by atoms with E-state index in [1.54, 1.807) is 0 Å². The molecule has 0 spiro atoms. The summed E-state index contributed by atoms with van der Waals surface area (Å²) < 4.78 is 0. The molecule has 0 fully saturated rings. The van der Waals surface area contributed by atoms with Crippen molar-refractivity contribution in [3.05, 3.63) is 246 Å². The first kappa shape index (κ1) is 33.4. The molecule has 0 saturated heterocycles. The van der Waals surface area contributed by atoms with Crippen LogP contribution in [-0.4, -0.2) is 0 Å². The minimum Gasteiger partial charge on any atom is -0.310 e. The van der Waals surface area contributed by atoms with Gasteiger partial charge in [0, 0.05) is 22.5 Å². The number of benzene rings is 9. The van der Waals surface area contributed by atoms with Crippen LogP contribution in [0.2, 0.25) is 0 Å². The van der Waals surface area contributed by atoms with Gasteiger partial charge in [-0.1, -0.05) is 190 Å². The summed E-state index contributed by atoms with van der Waals surface area (Å²) in [7, 11) is 0. The summed E-state index contributed by atoms with van der Waals surface area (Å²) in [6.45, 7) is 4.77. The van der Waals surface area contributed by atoms with Gasteiger partial charge in [-0.05, 0) is 114 Å². The molecule has 0 heterocycles. The SMILES string of the molecule is CC1(C)c2ccccc2-c2cc(N(c3cccc(C4(c5ccccc5)c5ccccc5-c5ccccc54)c3)c3ccc4ccccc4c3)cc(-c3ccccc3)c21. The van der Waals surface area contributed by atoms with Crippen LogP contribution in [0.1, 0.15) is 47.2 Å².